The summed E-state index contributed by atoms with van der Waals surface area (Å²) >= 11 is 7.32. The highest BCUT2D eigenvalue weighted by atomic mass is 35.5. The number of nitrogens with one attached hydrogen (secondary N) is 2. The van der Waals surface area contributed by atoms with Gasteiger partial charge in [0.1, 0.15) is 0 Å². The van der Waals surface area contributed by atoms with E-state index in [2.05, 4.69) is 15.4 Å². The predicted molar refractivity (Wildman–Crippen MR) is 124 cm³/mol. The molecule has 0 saturated heterocycles. The lowest BCUT2D eigenvalue weighted by Crippen LogP contribution is -2.24. The average molecular weight is 453 g/mol. The van der Waals surface area contributed by atoms with Gasteiger partial charge in [-0.1, -0.05) is 54.1 Å². The summed E-state index contributed by atoms with van der Waals surface area (Å²) in [6.45, 7) is 2.31. The van der Waals surface area contributed by atoms with Crippen LogP contribution in [0.1, 0.15) is 23.2 Å². The molecule has 2 aromatic carbocycles. The fraction of sp³-hybridized carbons (Fsp3) is 0.174. The zero-order valence-corrected chi connectivity index (χ0v) is 18.5. The van der Waals surface area contributed by atoms with Crippen molar-refractivity contribution in [3.63, 3.8) is 0 Å². The summed E-state index contributed by atoms with van der Waals surface area (Å²) in [4.78, 5) is 29.7. The van der Waals surface area contributed by atoms with Crippen LogP contribution in [0.25, 0.3) is 16.4 Å². The van der Waals surface area contributed by atoms with E-state index < -0.39 is 0 Å². The number of rotatable bonds is 7. The molecule has 0 spiro atoms. The van der Waals surface area contributed by atoms with Crippen molar-refractivity contribution in [3.8, 4) is 16.4 Å². The lowest BCUT2D eigenvalue weighted by atomic mass is 10.1. The maximum Gasteiger partial charge on any atom is 0.276 e. The second kappa shape index (κ2) is 9.32. The molecule has 0 bridgehead atoms. The van der Waals surface area contributed by atoms with Crippen molar-refractivity contribution in [2.45, 2.75) is 26.3 Å². The van der Waals surface area contributed by atoms with Gasteiger partial charge in [0.25, 0.3) is 5.56 Å². The Morgan fingerprint density at radius 3 is 2.65 bits per heavy atom. The summed E-state index contributed by atoms with van der Waals surface area (Å²) in [7, 11) is 0. The fourth-order valence-corrected chi connectivity index (χ4v) is 4.17. The molecule has 0 saturated carbocycles. The molecule has 8 heteroatoms. The molecule has 31 heavy (non-hydrogen) atoms. The van der Waals surface area contributed by atoms with Crippen molar-refractivity contribution in [3.05, 3.63) is 92.2 Å². The van der Waals surface area contributed by atoms with E-state index in [0.717, 1.165) is 22.5 Å². The highest BCUT2D eigenvalue weighted by Gasteiger charge is 2.16. The van der Waals surface area contributed by atoms with Gasteiger partial charge in [-0.25, -0.2) is 4.98 Å². The summed E-state index contributed by atoms with van der Waals surface area (Å²) in [5, 5.41) is 9.09. The van der Waals surface area contributed by atoms with Gasteiger partial charge >= 0.3 is 0 Å². The SMILES string of the molecule is Cc1[nH]n(-c2nc(-c3ccc(Cl)cc3)cs2)c(=O)c1CCC(=O)NCc1ccccc1. The minimum absolute atomic E-state index is 0.0883. The molecular weight excluding hydrogens is 432 g/mol. The molecule has 0 aliphatic rings. The molecule has 0 radical (unpaired) electrons. The molecule has 4 aromatic rings. The van der Waals surface area contributed by atoms with Gasteiger partial charge in [-0.15, -0.1) is 11.3 Å². The Morgan fingerprint density at radius 1 is 1.16 bits per heavy atom. The Labute approximate surface area is 188 Å². The topological polar surface area (TPSA) is 79.8 Å². The second-order valence-electron chi connectivity index (χ2n) is 7.14. The van der Waals surface area contributed by atoms with Crippen LogP contribution < -0.4 is 10.9 Å². The minimum Gasteiger partial charge on any atom is -0.352 e. The van der Waals surface area contributed by atoms with Crippen LogP contribution in [0.5, 0.6) is 0 Å². The zero-order chi connectivity index (χ0) is 21.8. The predicted octanol–water partition coefficient (Wildman–Crippen LogP) is 4.50. The first-order valence-corrected chi connectivity index (χ1v) is 11.1. The largest absolute Gasteiger partial charge is 0.352 e. The van der Waals surface area contributed by atoms with Crippen molar-refractivity contribution in [2.24, 2.45) is 0 Å². The number of benzene rings is 2. The van der Waals surface area contributed by atoms with Crippen LogP contribution in [-0.2, 0) is 17.8 Å². The molecule has 1 amide bonds. The van der Waals surface area contributed by atoms with Gasteiger partial charge in [0.05, 0.1) is 5.69 Å². The Bertz CT molecular complexity index is 1240. The van der Waals surface area contributed by atoms with Crippen molar-refractivity contribution >= 4 is 28.8 Å². The van der Waals surface area contributed by atoms with Crippen LogP contribution in [0.2, 0.25) is 5.02 Å². The second-order valence-corrected chi connectivity index (χ2v) is 8.41. The smallest absolute Gasteiger partial charge is 0.276 e. The van der Waals surface area contributed by atoms with E-state index in [-0.39, 0.29) is 17.9 Å². The molecule has 2 heterocycles. The number of aryl methyl sites for hydroxylation is 1. The molecule has 0 aliphatic carbocycles. The van der Waals surface area contributed by atoms with Crippen LogP contribution >= 0.6 is 22.9 Å². The maximum atomic E-state index is 12.9. The number of halogens is 1. The number of aromatic amines is 1. The Morgan fingerprint density at radius 2 is 1.90 bits per heavy atom. The van der Waals surface area contributed by atoms with Gasteiger partial charge in [0, 0.05) is 40.2 Å². The monoisotopic (exact) mass is 452 g/mol. The first-order valence-electron chi connectivity index (χ1n) is 9.84. The van der Waals surface area contributed by atoms with Crippen LogP contribution in [0.3, 0.4) is 0 Å². The van der Waals surface area contributed by atoms with Gasteiger partial charge < -0.3 is 5.32 Å². The minimum atomic E-state index is -0.176. The molecule has 2 N–H and O–H groups in total. The van der Waals surface area contributed by atoms with E-state index in [1.165, 1.54) is 16.0 Å². The third kappa shape index (κ3) is 4.95. The van der Waals surface area contributed by atoms with Crippen molar-refractivity contribution in [2.75, 3.05) is 0 Å². The van der Waals surface area contributed by atoms with Crippen LogP contribution in [0.15, 0.2) is 64.8 Å². The van der Waals surface area contributed by atoms with Crippen LogP contribution in [-0.4, -0.2) is 20.7 Å². The molecular formula is C23H21ClN4O2S. The molecule has 2 aromatic heterocycles. The number of H-pyrrole nitrogens is 1. The molecule has 158 valence electrons. The number of nitrogens with zero attached hydrogens (tertiary/aromatic N) is 2. The molecule has 4 rings (SSSR count). The van der Waals surface area contributed by atoms with Gasteiger partial charge in [-0.2, -0.15) is 4.68 Å². The fourth-order valence-electron chi connectivity index (χ4n) is 3.25. The average Bonchev–Trinajstić information content (AvgIpc) is 3.37. The number of thiazole rings is 1. The van der Waals surface area contributed by atoms with Crippen molar-refractivity contribution < 1.29 is 4.79 Å². The standard InChI is InChI=1S/C23H21ClN4O2S/c1-15-19(11-12-21(29)25-13-16-5-3-2-4-6-16)22(30)28(27-15)23-26-20(14-31-23)17-7-9-18(24)10-8-17/h2-10,14,27H,11-13H2,1H3,(H,25,29). The summed E-state index contributed by atoms with van der Waals surface area (Å²) in [6, 6.07) is 17.1. The summed E-state index contributed by atoms with van der Waals surface area (Å²) in [6.07, 6.45) is 0.610. The first-order chi connectivity index (χ1) is 15.0. The zero-order valence-electron chi connectivity index (χ0n) is 16.9. The Kier molecular flexibility index (Phi) is 6.34. The molecule has 0 fully saturated rings. The van der Waals surface area contributed by atoms with Crippen molar-refractivity contribution in [1.29, 1.82) is 0 Å². The van der Waals surface area contributed by atoms with Gasteiger partial charge in [0.15, 0.2) is 0 Å². The number of hydrogen-bond acceptors (Lipinski definition) is 4. The third-order valence-corrected chi connectivity index (χ3v) is 6.03. The van der Waals surface area contributed by atoms with Crippen LogP contribution in [0.4, 0.5) is 0 Å². The lowest BCUT2D eigenvalue weighted by molar-refractivity contribution is -0.121. The summed E-state index contributed by atoms with van der Waals surface area (Å²) in [5.41, 5.74) is 3.90. The first kappa shape index (κ1) is 21.1. The lowest BCUT2D eigenvalue weighted by Gasteiger charge is -2.04. The third-order valence-electron chi connectivity index (χ3n) is 4.95. The van der Waals surface area contributed by atoms with E-state index in [0.29, 0.717) is 28.7 Å². The van der Waals surface area contributed by atoms with Crippen LogP contribution in [0, 0.1) is 6.92 Å². The number of amides is 1. The van der Waals surface area contributed by atoms with Gasteiger partial charge in [-0.05, 0) is 31.0 Å². The van der Waals surface area contributed by atoms with Crippen molar-refractivity contribution in [1.82, 2.24) is 20.1 Å². The van der Waals surface area contributed by atoms with Gasteiger partial charge in [-0.3, -0.25) is 14.7 Å². The van der Waals surface area contributed by atoms with E-state index in [9.17, 15) is 9.59 Å². The Hall–Kier alpha value is -3.16. The Balaban J connectivity index is 1.43. The van der Waals surface area contributed by atoms with E-state index in [4.69, 9.17) is 11.6 Å². The molecule has 0 atom stereocenters. The van der Waals surface area contributed by atoms with E-state index in [1.807, 2.05) is 66.9 Å². The molecule has 0 aliphatic heterocycles. The number of aromatic nitrogens is 3. The maximum absolute atomic E-state index is 12.9. The highest BCUT2D eigenvalue weighted by molar-refractivity contribution is 7.12. The molecule has 0 unspecified atom stereocenters. The van der Waals surface area contributed by atoms with Gasteiger partial charge in [0.2, 0.25) is 11.0 Å². The highest BCUT2D eigenvalue weighted by Crippen LogP contribution is 2.25. The number of hydrogen-bond donors (Lipinski definition) is 2. The summed E-state index contributed by atoms with van der Waals surface area (Å²) < 4.78 is 1.44. The van der Waals surface area contributed by atoms with E-state index >= 15 is 0 Å². The molecule has 6 nitrogen and oxygen atoms in total. The summed E-state index contributed by atoms with van der Waals surface area (Å²) in [5.74, 6) is -0.0883. The number of carbonyl (C=O) groups is 1. The number of carbonyl (C=O) groups excluding carboxylic acids is 1. The quantitative estimate of drug-likeness (QED) is 0.433. The van der Waals surface area contributed by atoms with E-state index in [1.54, 1.807) is 0 Å². The normalized spacial score (nSPS) is 10.9.